The van der Waals surface area contributed by atoms with E-state index in [4.69, 9.17) is 4.74 Å². The standard InChI is InChI=1S/C29H39N3O4S/c1-37(34,35)31-26-9-13-28(14-10-26)36-27-11-7-22(8-12-27)18-32-19-24-15-23(16-25(24)20-32)29(33)30-17-21-5-3-2-4-6-21/h7-14,21,23-25,31H,2-6,15-20H2,1H3,(H,30,33)/t23?,24-,25?/m1/s1. The fourth-order valence-electron chi connectivity index (χ4n) is 6.38. The summed E-state index contributed by atoms with van der Waals surface area (Å²) in [5.74, 6) is 3.85. The lowest BCUT2D eigenvalue weighted by Crippen LogP contribution is -2.35. The van der Waals surface area contributed by atoms with Gasteiger partial charge in [0.1, 0.15) is 11.5 Å². The first-order chi connectivity index (χ1) is 17.8. The maximum atomic E-state index is 12.8. The summed E-state index contributed by atoms with van der Waals surface area (Å²) in [6, 6.07) is 15.0. The zero-order valence-corrected chi connectivity index (χ0v) is 22.5. The van der Waals surface area contributed by atoms with E-state index in [1.54, 1.807) is 24.3 Å². The number of hydrogen-bond donors (Lipinski definition) is 2. The molecule has 8 heteroatoms. The highest BCUT2D eigenvalue weighted by atomic mass is 32.2. The number of anilines is 1. The van der Waals surface area contributed by atoms with Gasteiger partial charge in [-0.1, -0.05) is 31.4 Å². The number of nitrogens with one attached hydrogen (secondary N) is 2. The molecule has 2 aliphatic carbocycles. The van der Waals surface area contributed by atoms with E-state index in [0.717, 1.165) is 51.0 Å². The number of likely N-dealkylation sites (tertiary alicyclic amines) is 1. The summed E-state index contributed by atoms with van der Waals surface area (Å²) in [5.41, 5.74) is 1.76. The topological polar surface area (TPSA) is 87.7 Å². The predicted molar refractivity (Wildman–Crippen MR) is 146 cm³/mol. The highest BCUT2D eigenvalue weighted by Crippen LogP contribution is 2.42. The number of benzene rings is 2. The van der Waals surface area contributed by atoms with Crippen LogP contribution in [0, 0.1) is 23.7 Å². The van der Waals surface area contributed by atoms with E-state index in [-0.39, 0.29) is 5.92 Å². The minimum absolute atomic E-state index is 0.202. The Morgan fingerprint density at radius 1 is 0.919 bits per heavy atom. The Kier molecular flexibility index (Phi) is 8.05. The van der Waals surface area contributed by atoms with Gasteiger partial charge in [-0.05, 0) is 85.4 Å². The molecular formula is C29H39N3O4S. The number of ether oxygens (including phenoxy) is 1. The largest absolute Gasteiger partial charge is 0.457 e. The molecule has 2 aromatic rings. The van der Waals surface area contributed by atoms with E-state index in [1.165, 1.54) is 37.7 Å². The van der Waals surface area contributed by atoms with E-state index >= 15 is 0 Å². The number of nitrogens with zero attached hydrogens (tertiary/aromatic N) is 1. The third-order valence-corrected chi connectivity index (χ3v) is 8.82. The molecule has 37 heavy (non-hydrogen) atoms. The van der Waals surface area contributed by atoms with Crippen molar-refractivity contribution in [2.75, 3.05) is 30.6 Å². The van der Waals surface area contributed by atoms with Gasteiger partial charge in [-0.2, -0.15) is 0 Å². The number of hydrogen-bond acceptors (Lipinski definition) is 5. The number of sulfonamides is 1. The van der Waals surface area contributed by atoms with Crippen LogP contribution < -0.4 is 14.8 Å². The van der Waals surface area contributed by atoms with Crippen LogP contribution in [0.5, 0.6) is 11.5 Å². The van der Waals surface area contributed by atoms with Crippen molar-refractivity contribution in [3.8, 4) is 11.5 Å². The van der Waals surface area contributed by atoms with Crippen LogP contribution in [0.15, 0.2) is 48.5 Å². The Balaban J connectivity index is 1.05. The van der Waals surface area contributed by atoms with Gasteiger partial charge in [-0.25, -0.2) is 8.42 Å². The first-order valence-electron chi connectivity index (χ1n) is 13.7. The van der Waals surface area contributed by atoms with Crippen LogP contribution in [0.2, 0.25) is 0 Å². The molecule has 0 spiro atoms. The molecule has 1 aliphatic heterocycles. The number of amides is 1. The van der Waals surface area contributed by atoms with Crippen LogP contribution >= 0.6 is 0 Å². The second-order valence-electron chi connectivity index (χ2n) is 11.3. The first-order valence-corrected chi connectivity index (χ1v) is 15.5. The molecule has 2 saturated carbocycles. The lowest BCUT2D eigenvalue weighted by atomic mass is 9.89. The van der Waals surface area contributed by atoms with Crippen LogP contribution in [0.25, 0.3) is 0 Å². The molecule has 1 amide bonds. The summed E-state index contributed by atoms with van der Waals surface area (Å²) < 4.78 is 31.0. The predicted octanol–water partition coefficient (Wildman–Crippen LogP) is 5.00. The van der Waals surface area contributed by atoms with Crippen molar-refractivity contribution in [3.05, 3.63) is 54.1 Å². The quantitative estimate of drug-likeness (QED) is 0.481. The van der Waals surface area contributed by atoms with Crippen molar-refractivity contribution in [3.63, 3.8) is 0 Å². The van der Waals surface area contributed by atoms with Gasteiger partial charge >= 0.3 is 0 Å². The molecule has 2 unspecified atom stereocenters. The zero-order valence-electron chi connectivity index (χ0n) is 21.7. The minimum Gasteiger partial charge on any atom is -0.457 e. The van der Waals surface area contributed by atoms with Crippen LogP contribution in [0.3, 0.4) is 0 Å². The number of rotatable bonds is 9. The Bertz CT molecular complexity index is 1150. The van der Waals surface area contributed by atoms with Gasteiger partial charge in [0.05, 0.1) is 6.26 Å². The molecule has 2 aromatic carbocycles. The molecule has 1 heterocycles. The van der Waals surface area contributed by atoms with Crippen LogP contribution in [-0.2, 0) is 21.4 Å². The number of carbonyl (C=O) groups is 1. The molecule has 0 aromatic heterocycles. The lowest BCUT2D eigenvalue weighted by Gasteiger charge is -2.23. The highest BCUT2D eigenvalue weighted by molar-refractivity contribution is 7.92. The second-order valence-corrected chi connectivity index (χ2v) is 13.0. The van der Waals surface area contributed by atoms with Crippen molar-refractivity contribution in [2.45, 2.75) is 51.5 Å². The molecule has 3 fully saturated rings. The molecule has 0 bridgehead atoms. The molecule has 200 valence electrons. The molecule has 7 nitrogen and oxygen atoms in total. The summed E-state index contributed by atoms with van der Waals surface area (Å²) in [4.78, 5) is 15.3. The van der Waals surface area contributed by atoms with E-state index < -0.39 is 10.0 Å². The van der Waals surface area contributed by atoms with E-state index in [9.17, 15) is 13.2 Å². The van der Waals surface area contributed by atoms with E-state index in [0.29, 0.717) is 35.1 Å². The van der Waals surface area contributed by atoms with Gasteiger partial charge in [0.25, 0.3) is 0 Å². The highest BCUT2D eigenvalue weighted by Gasteiger charge is 2.43. The summed E-state index contributed by atoms with van der Waals surface area (Å²) in [7, 11) is -3.29. The molecule has 2 N–H and O–H groups in total. The average Bonchev–Trinajstić information content (AvgIpc) is 3.44. The minimum atomic E-state index is -3.29. The van der Waals surface area contributed by atoms with Crippen molar-refractivity contribution in [1.82, 2.24) is 10.2 Å². The van der Waals surface area contributed by atoms with Crippen LogP contribution in [0.1, 0.15) is 50.5 Å². The smallest absolute Gasteiger partial charge is 0.229 e. The molecular weight excluding hydrogens is 486 g/mol. The van der Waals surface area contributed by atoms with Gasteiger partial charge in [0, 0.05) is 37.8 Å². The van der Waals surface area contributed by atoms with Crippen molar-refractivity contribution >= 4 is 21.6 Å². The van der Waals surface area contributed by atoms with Gasteiger partial charge in [0.15, 0.2) is 0 Å². The van der Waals surface area contributed by atoms with Crippen molar-refractivity contribution in [1.29, 1.82) is 0 Å². The Morgan fingerprint density at radius 3 is 2.11 bits per heavy atom. The Hall–Kier alpha value is -2.58. The third kappa shape index (κ3) is 7.26. The lowest BCUT2D eigenvalue weighted by molar-refractivity contribution is -0.125. The van der Waals surface area contributed by atoms with Crippen molar-refractivity contribution in [2.24, 2.45) is 23.7 Å². The SMILES string of the molecule is CS(=O)(=O)Nc1ccc(Oc2ccc(CN3CC4CC(C(=O)NCC5CCCCC5)C[C@@H]4C3)cc2)cc1. The van der Waals surface area contributed by atoms with Crippen LogP contribution in [0.4, 0.5) is 5.69 Å². The monoisotopic (exact) mass is 525 g/mol. The molecule has 3 atom stereocenters. The Morgan fingerprint density at radius 2 is 1.51 bits per heavy atom. The van der Waals surface area contributed by atoms with E-state index in [1.807, 2.05) is 12.1 Å². The molecule has 1 saturated heterocycles. The second kappa shape index (κ2) is 11.4. The molecule has 3 aliphatic rings. The number of carbonyl (C=O) groups excluding carboxylic acids is 1. The molecule has 5 rings (SSSR count). The maximum Gasteiger partial charge on any atom is 0.229 e. The van der Waals surface area contributed by atoms with Crippen molar-refractivity contribution < 1.29 is 17.9 Å². The first kappa shape index (κ1) is 26.0. The van der Waals surface area contributed by atoms with Gasteiger partial charge in [-0.15, -0.1) is 0 Å². The summed E-state index contributed by atoms with van der Waals surface area (Å²) in [6.07, 6.45) is 9.73. The summed E-state index contributed by atoms with van der Waals surface area (Å²) >= 11 is 0. The fourth-order valence-corrected chi connectivity index (χ4v) is 6.95. The summed E-state index contributed by atoms with van der Waals surface area (Å²) in [5, 5.41) is 3.28. The average molecular weight is 526 g/mol. The zero-order chi connectivity index (χ0) is 25.8. The third-order valence-electron chi connectivity index (χ3n) is 8.21. The van der Waals surface area contributed by atoms with E-state index in [2.05, 4.69) is 27.1 Å². The van der Waals surface area contributed by atoms with Gasteiger partial charge in [-0.3, -0.25) is 14.4 Å². The van der Waals surface area contributed by atoms with Gasteiger partial charge in [0.2, 0.25) is 15.9 Å². The Labute approximate surface area is 221 Å². The number of fused-ring (bicyclic) bond motifs is 1. The van der Waals surface area contributed by atoms with Crippen LogP contribution in [-0.4, -0.2) is 45.1 Å². The molecule has 0 radical (unpaired) electrons. The summed E-state index contributed by atoms with van der Waals surface area (Å²) in [6.45, 7) is 3.94. The maximum absolute atomic E-state index is 12.8. The van der Waals surface area contributed by atoms with Gasteiger partial charge < -0.3 is 10.1 Å². The fraction of sp³-hybridized carbons (Fsp3) is 0.552. The normalized spacial score (nSPS) is 24.5.